The second kappa shape index (κ2) is 7.36. The van der Waals surface area contributed by atoms with E-state index in [9.17, 15) is 4.39 Å². The van der Waals surface area contributed by atoms with Gasteiger partial charge in [0.1, 0.15) is 11.6 Å². The van der Waals surface area contributed by atoms with E-state index >= 15 is 0 Å². The number of ether oxygens (including phenoxy) is 3. The molecular formula is C20H20FN3O3. The van der Waals surface area contributed by atoms with Crippen LogP contribution in [0.25, 0.3) is 22.3 Å². The molecule has 0 amide bonds. The van der Waals surface area contributed by atoms with Crippen LogP contribution in [0.15, 0.2) is 36.4 Å². The third-order valence-corrected chi connectivity index (χ3v) is 4.61. The molecule has 0 unspecified atom stereocenters. The van der Waals surface area contributed by atoms with Crippen LogP contribution in [0.2, 0.25) is 0 Å². The quantitative estimate of drug-likeness (QED) is 0.703. The third-order valence-electron chi connectivity index (χ3n) is 4.61. The molecule has 0 saturated carbocycles. The first-order chi connectivity index (χ1) is 13.2. The van der Waals surface area contributed by atoms with Crippen LogP contribution in [0.4, 0.5) is 10.2 Å². The fourth-order valence-corrected chi connectivity index (χ4v) is 3.22. The first-order valence-corrected chi connectivity index (χ1v) is 8.72. The third kappa shape index (κ3) is 3.26. The number of aromatic nitrogens is 2. The summed E-state index contributed by atoms with van der Waals surface area (Å²) in [6.07, 6.45) is 0. The van der Waals surface area contributed by atoms with E-state index in [1.807, 2.05) is 6.07 Å². The van der Waals surface area contributed by atoms with Crippen LogP contribution in [-0.2, 0) is 4.74 Å². The average molecular weight is 369 g/mol. The highest BCUT2D eigenvalue weighted by atomic mass is 19.1. The molecule has 1 aliphatic rings. The van der Waals surface area contributed by atoms with Crippen molar-refractivity contribution >= 4 is 16.7 Å². The van der Waals surface area contributed by atoms with Crippen LogP contribution in [0.1, 0.15) is 0 Å². The normalized spacial score (nSPS) is 14.4. The van der Waals surface area contributed by atoms with Crippen molar-refractivity contribution in [3.63, 3.8) is 0 Å². The predicted molar refractivity (Wildman–Crippen MR) is 101 cm³/mol. The molecule has 1 fully saturated rings. The van der Waals surface area contributed by atoms with Gasteiger partial charge in [0, 0.05) is 24.5 Å². The molecule has 0 aliphatic carbocycles. The molecule has 4 rings (SSSR count). The molecule has 6 nitrogen and oxygen atoms in total. The molecule has 140 valence electrons. The van der Waals surface area contributed by atoms with E-state index in [4.69, 9.17) is 19.2 Å². The van der Waals surface area contributed by atoms with Crippen molar-refractivity contribution in [2.24, 2.45) is 0 Å². The number of hydrogen-bond acceptors (Lipinski definition) is 6. The van der Waals surface area contributed by atoms with Gasteiger partial charge in [-0.1, -0.05) is 12.1 Å². The molecule has 2 aromatic carbocycles. The summed E-state index contributed by atoms with van der Waals surface area (Å²) in [5, 5.41) is 0.828. The lowest BCUT2D eigenvalue weighted by Crippen LogP contribution is -2.37. The SMILES string of the molecule is COc1cc2nc(-c3ccccc3F)nc(N3CCOCC3)c2cc1OC. The van der Waals surface area contributed by atoms with Crippen molar-refractivity contribution in [3.8, 4) is 22.9 Å². The van der Waals surface area contributed by atoms with Crippen LogP contribution in [0.3, 0.4) is 0 Å². The van der Waals surface area contributed by atoms with Crippen LogP contribution in [0.5, 0.6) is 11.5 Å². The Labute approximate surface area is 156 Å². The Balaban J connectivity index is 1.97. The van der Waals surface area contributed by atoms with E-state index < -0.39 is 0 Å². The first-order valence-electron chi connectivity index (χ1n) is 8.72. The van der Waals surface area contributed by atoms with Gasteiger partial charge in [-0.15, -0.1) is 0 Å². The zero-order chi connectivity index (χ0) is 18.8. The highest BCUT2D eigenvalue weighted by Gasteiger charge is 2.21. The van der Waals surface area contributed by atoms with Crippen LogP contribution >= 0.6 is 0 Å². The molecule has 27 heavy (non-hydrogen) atoms. The molecule has 1 aliphatic heterocycles. The maximum absolute atomic E-state index is 14.4. The molecular weight excluding hydrogens is 349 g/mol. The lowest BCUT2D eigenvalue weighted by atomic mass is 10.1. The standard InChI is InChI=1S/C20H20FN3O3/c1-25-17-11-14-16(12-18(17)26-2)22-19(13-5-3-4-6-15(13)21)23-20(14)24-7-9-27-10-8-24/h3-6,11-12H,7-10H2,1-2H3. The average Bonchev–Trinajstić information content (AvgIpc) is 2.72. The van der Waals surface area contributed by atoms with Gasteiger partial charge in [0.05, 0.1) is 38.5 Å². The number of hydrogen-bond donors (Lipinski definition) is 0. The molecule has 3 aromatic rings. The van der Waals surface area contributed by atoms with Crippen molar-refractivity contribution in [2.75, 3.05) is 45.4 Å². The Bertz CT molecular complexity index is 974. The number of benzene rings is 2. The Kier molecular flexibility index (Phi) is 4.77. The number of fused-ring (bicyclic) bond motifs is 1. The van der Waals surface area contributed by atoms with Gasteiger partial charge in [0.15, 0.2) is 17.3 Å². The molecule has 1 saturated heterocycles. The number of morpholine rings is 1. The summed E-state index contributed by atoms with van der Waals surface area (Å²) < 4.78 is 30.7. The number of rotatable bonds is 4. The zero-order valence-corrected chi connectivity index (χ0v) is 15.2. The predicted octanol–water partition coefficient (Wildman–Crippen LogP) is 3.29. The molecule has 2 heterocycles. The Morgan fingerprint density at radius 2 is 1.70 bits per heavy atom. The Morgan fingerprint density at radius 1 is 1.00 bits per heavy atom. The highest BCUT2D eigenvalue weighted by molar-refractivity contribution is 5.93. The summed E-state index contributed by atoms with van der Waals surface area (Å²) in [6.45, 7) is 2.65. The van der Waals surface area contributed by atoms with Crippen LogP contribution in [0, 0.1) is 5.82 Å². The van der Waals surface area contributed by atoms with E-state index in [0.29, 0.717) is 54.7 Å². The zero-order valence-electron chi connectivity index (χ0n) is 15.2. The lowest BCUT2D eigenvalue weighted by molar-refractivity contribution is 0.122. The fraction of sp³-hybridized carbons (Fsp3) is 0.300. The van der Waals surface area contributed by atoms with Gasteiger partial charge in [-0.2, -0.15) is 0 Å². The van der Waals surface area contributed by atoms with Crippen LogP contribution < -0.4 is 14.4 Å². The molecule has 0 N–H and O–H groups in total. The van der Waals surface area contributed by atoms with Crippen molar-refractivity contribution < 1.29 is 18.6 Å². The monoisotopic (exact) mass is 369 g/mol. The summed E-state index contributed by atoms with van der Waals surface area (Å²) in [5.41, 5.74) is 1.03. The largest absolute Gasteiger partial charge is 0.493 e. The van der Waals surface area contributed by atoms with E-state index in [2.05, 4.69) is 9.88 Å². The van der Waals surface area contributed by atoms with Crippen molar-refractivity contribution in [3.05, 3.63) is 42.2 Å². The van der Waals surface area contributed by atoms with Crippen molar-refractivity contribution in [1.82, 2.24) is 9.97 Å². The molecule has 0 spiro atoms. The van der Waals surface area contributed by atoms with E-state index in [1.54, 1.807) is 38.5 Å². The Hall–Kier alpha value is -2.93. The minimum Gasteiger partial charge on any atom is -0.493 e. The lowest BCUT2D eigenvalue weighted by Gasteiger charge is -2.29. The molecule has 1 aromatic heterocycles. The minimum atomic E-state index is -0.356. The topological polar surface area (TPSA) is 56.7 Å². The molecule has 0 bridgehead atoms. The number of nitrogens with zero attached hydrogens (tertiary/aromatic N) is 3. The van der Waals surface area contributed by atoms with Crippen molar-refractivity contribution in [2.45, 2.75) is 0 Å². The second-order valence-electron chi connectivity index (χ2n) is 6.17. The fourth-order valence-electron chi connectivity index (χ4n) is 3.22. The summed E-state index contributed by atoms with van der Waals surface area (Å²) in [7, 11) is 3.16. The maximum atomic E-state index is 14.4. The van der Waals surface area contributed by atoms with Gasteiger partial charge in [0.25, 0.3) is 0 Å². The van der Waals surface area contributed by atoms with Crippen molar-refractivity contribution in [1.29, 1.82) is 0 Å². The summed E-state index contributed by atoms with van der Waals surface area (Å²) in [6, 6.07) is 10.2. The number of halogens is 1. The first kappa shape index (κ1) is 17.5. The smallest absolute Gasteiger partial charge is 0.165 e. The van der Waals surface area contributed by atoms with E-state index in [0.717, 1.165) is 11.2 Å². The van der Waals surface area contributed by atoms with Gasteiger partial charge in [-0.3, -0.25) is 0 Å². The Morgan fingerprint density at radius 3 is 2.41 bits per heavy atom. The van der Waals surface area contributed by atoms with Gasteiger partial charge in [-0.05, 0) is 18.2 Å². The summed E-state index contributed by atoms with van der Waals surface area (Å²) >= 11 is 0. The highest BCUT2D eigenvalue weighted by Crippen LogP contribution is 2.36. The second-order valence-corrected chi connectivity index (χ2v) is 6.17. The van der Waals surface area contributed by atoms with Crippen LogP contribution in [-0.4, -0.2) is 50.5 Å². The summed E-state index contributed by atoms with van der Waals surface area (Å²) in [5.74, 6) is 1.89. The van der Waals surface area contributed by atoms with Gasteiger partial charge in [0.2, 0.25) is 0 Å². The number of anilines is 1. The van der Waals surface area contributed by atoms with Gasteiger partial charge < -0.3 is 19.1 Å². The van der Waals surface area contributed by atoms with E-state index in [-0.39, 0.29) is 5.82 Å². The van der Waals surface area contributed by atoms with Gasteiger partial charge in [-0.25, -0.2) is 14.4 Å². The molecule has 0 radical (unpaired) electrons. The molecule has 0 atom stereocenters. The van der Waals surface area contributed by atoms with E-state index in [1.165, 1.54) is 6.07 Å². The molecule has 7 heteroatoms. The summed E-state index contributed by atoms with van der Waals surface area (Å²) in [4.78, 5) is 11.4. The maximum Gasteiger partial charge on any atom is 0.165 e. The minimum absolute atomic E-state index is 0.342. The van der Waals surface area contributed by atoms with Gasteiger partial charge >= 0.3 is 0 Å². The number of methoxy groups -OCH3 is 2.